The van der Waals surface area contributed by atoms with Gasteiger partial charge in [-0.1, -0.05) is 102 Å². The van der Waals surface area contributed by atoms with Crippen LogP contribution in [0, 0.1) is 0 Å². The molecule has 0 heterocycles. The summed E-state index contributed by atoms with van der Waals surface area (Å²) in [7, 11) is 0. The van der Waals surface area contributed by atoms with E-state index in [0.717, 1.165) is 43.2 Å². The Morgan fingerprint density at radius 1 is 0.609 bits per heavy atom. The average molecular weight is 633 g/mol. The quantitative estimate of drug-likeness (QED) is 0.0522. The summed E-state index contributed by atoms with van der Waals surface area (Å²) in [5, 5.41) is 20.6. The van der Waals surface area contributed by atoms with Crippen LogP contribution in [0.4, 0.5) is 0 Å². The van der Waals surface area contributed by atoms with Crippen molar-refractivity contribution in [1.82, 2.24) is 0 Å². The molecule has 0 aliphatic rings. The first kappa shape index (κ1) is 36.8. The third-order valence-electron chi connectivity index (χ3n) is 8.02. The molecule has 3 aromatic rings. The summed E-state index contributed by atoms with van der Waals surface area (Å²) in [5.41, 5.74) is 2.56. The van der Waals surface area contributed by atoms with Crippen molar-refractivity contribution in [3.8, 4) is 22.6 Å². The molecule has 46 heavy (non-hydrogen) atoms. The van der Waals surface area contributed by atoms with E-state index in [1.165, 1.54) is 44.9 Å². The van der Waals surface area contributed by atoms with Gasteiger partial charge in [0.25, 0.3) is 0 Å². The molecule has 0 aromatic heterocycles. The molecule has 0 aliphatic carbocycles. The van der Waals surface area contributed by atoms with E-state index in [4.69, 9.17) is 14.2 Å². The summed E-state index contributed by atoms with van der Waals surface area (Å²) in [6.45, 7) is 6.28. The van der Waals surface area contributed by atoms with Crippen molar-refractivity contribution < 1.29 is 34.0 Å². The second-order valence-electron chi connectivity index (χ2n) is 12.2. The van der Waals surface area contributed by atoms with Crippen molar-refractivity contribution in [1.29, 1.82) is 0 Å². The second kappa shape index (κ2) is 19.7. The first-order valence-corrected chi connectivity index (χ1v) is 17.1. The van der Waals surface area contributed by atoms with Crippen molar-refractivity contribution in [2.24, 2.45) is 0 Å². The predicted molar refractivity (Wildman–Crippen MR) is 182 cm³/mol. The van der Waals surface area contributed by atoms with Gasteiger partial charge in [0, 0.05) is 6.42 Å². The number of aliphatic hydroxyl groups is 2. The maximum atomic E-state index is 12.7. The summed E-state index contributed by atoms with van der Waals surface area (Å²) >= 11 is 0. The topological polar surface area (TPSA) is 102 Å². The van der Waals surface area contributed by atoms with Gasteiger partial charge in [-0.2, -0.15) is 0 Å². The highest BCUT2D eigenvalue weighted by atomic mass is 16.8. The lowest BCUT2D eigenvalue weighted by molar-refractivity contribution is -0.295. The van der Waals surface area contributed by atoms with Crippen LogP contribution < -0.4 is 9.47 Å². The Hall–Kier alpha value is -3.68. The van der Waals surface area contributed by atoms with Gasteiger partial charge in [0.05, 0.1) is 17.2 Å². The fourth-order valence-electron chi connectivity index (χ4n) is 5.24. The Morgan fingerprint density at radius 3 is 1.65 bits per heavy atom. The normalized spacial score (nSPS) is 12.0. The van der Waals surface area contributed by atoms with Crippen LogP contribution in [0.15, 0.2) is 72.8 Å². The van der Waals surface area contributed by atoms with Crippen molar-refractivity contribution in [3.05, 3.63) is 83.9 Å². The van der Waals surface area contributed by atoms with Crippen molar-refractivity contribution >= 4 is 11.9 Å². The molecule has 0 bridgehead atoms. The standard InChI is InChI=1S/C39H52O7/c1-4-6-8-10-11-12-13-15-29-39(42,43)46-36-27-21-32(22-28-36)31-17-19-33(20-18-31)38(41)45-35-25-23-34(24-26-35)37(40)44-30(3)16-14-9-7-5-2/h17-28,30,42-43H,4-16,29H2,1-3H3. The van der Waals surface area contributed by atoms with E-state index < -0.39 is 11.9 Å². The number of rotatable bonds is 21. The molecular formula is C39H52O7. The molecule has 7 heteroatoms. The summed E-state index contributed by atoms with van der Waals surface area (Å²) in [6, 6.07) is 20.4. The third-order valence-corrected chi connectivity index (χ3v) is 8.02. The van der Waals surface area contributed by atoms with Crippen LogP contribution >= 0.6 is 0 Å². The molecule has 2 N–H and O–H groups in total. The number of carbonyl (C=O) groups excluding carboxylic acids is 2. The van der Waals surface area contributed by atoms with Gasteiger partial charge in [-0.05, 0) is 85.8 Å². The van der Waals surface area contributed by atoms with E-state index in [2.05, 4.69) is 13.8 Å². The zero-order valence-electron chi connectivity index (χ0n) is 27.8. The minimum Gasteiger partial charge on any atom is -0.459 e. The molecule has 250 valence electrons. The number of hydrogen-bond donors (Lipinski definition) is 2. The molecule has 0 aliphatic heterocycles. The van der Waals surface area contributed by atoms with Crippen molar-refractivity contribution in [3.63, 3.8) is 0 Å². The smallest absolute Gasteiger partial charge is 0.343 e. The molecule has 0 amide bonds. The molecule has 1 unspecified atom stereocenters. The molecular weight excluding hydrogens is 580 g/mol. The molecule has 3 rings (SSSR count). The predicted octanol–water partition coefficient (Wildman–Crippen LogP) is 9.64. The van der Waals surface area contributed by atoms with Gasteiger partial charge < -0.3 is 24.4 Å². The van der Waals surface area contributed by atoms with Crippen LogP contribution in [0.25, 0.3) is 11.1 Å². The molecule has 7 nitrogen and oxygen atoms in total. The van der Waals surface area contributed by atoms with Gasteiger partial charge in [0.1, 0.15) is 11.5 Å². The Kier molecular flexibility index (Phi) is 15.8. The zero-order valence-corrected chi connectivity index (χ0v) is 27.8. The number of hydrogen-bond acceptors (Lipinski definition) is 7. The summed E-state index contributed by atoms with van der Waals surface area (Å²) < 4.78 is 16.5. The minimum atomic E-state index is -2.21. The first-order valence-electron chi connectivity index (χ1n) is 17.1. The van der Waals surface area contributed by atoms with Gasteiger partial charge in [0.15, 0.2) is 0 Å². The summed E-state index contributed by atoms with van der Waals surface area (Å²) in [5.74, 6) is -2.40. The van der Waals surface area contributed by atoms with Crippen LogP contribution in [-0.4, -0.2) is 34.2 Å². The van der Waals surface area contributed by atoms with Crippen molar-refractivity contribution in [2.45, 2.75) is 123 Å². The van der Waals surface area contributed by atoms with Gasteiger partial charge in [-0.15, -0.1) is 0 Å². The largest absolute Gasteiger partial charge is 0.459 e. The fourth-order valence-corrected chi connectivity index (χ4v) is 5.24. The van der Waals surface area contributed by atoms with Crippen molar-refractivity contribution in [2.75, 3.05) is 0 Å². The number of ether oxygens (including phenoxy) is 3. The molecule has 0 fully saturated rings. The summed E-state index contributed by atoms with van der Waals surface area (Å²) in [6.07, 6.45) is 14.3. The van der Waals surface area contributed by atoms with Gasteiger partial charge in [0.2, 0.25) is 0 Å². The highest BCUT2D eigenvalue weighted by molar-refractivity contribution is 5.92. The Balaban J connectivity index is 1.44. The van der Waals surface area contributed by atoms with Crippen LogP contribution in [0.5, 0.6) is 11.5 Å². The minimum absolute atomic E-state index is 0.147. The van der Waals surface area contributed by atoms with Gasteiger partial charge in [-0.3, -0.25) is 0 Å². The molecule has 0 saturated carbocycles. The van der Waals surface area contributed by atoms with Gasteiger partial charge >= 0.3 is 17.9 Å². The van der Waals surface area contributed by atoms with Gasteiger partial charge in [-0.25, -0.2) is 9.59 Å². The molecule has 3 aromatic carbocycles. The van der Waals surface area contributed by atoms with E-state index in [0.29, 0.717) is 29.0 Å². The molecule has 1 atom stereocenters. The summed E-state index contributed by atoms with van der Waals surface area (Å²) in [4.78, 5) is 25.2. The fraction of sp³-hybridized carbons (Fsp3) is 0.487. The van der Waals surface area contributed by atoms with Crippen LogP contribution in [0.1, 0.15) is 131 Å². The lowest BCUT2D eigenvalue weighted by Crippen LogP contribution is -2.35. The van der Waals surface area contributed by atoms with E-state index >= 15 is 0 Å². The molecule has 0 spiro atoms. The maximum Gasteiger partial charge on any atom is 0.343 e. The van der Waals surface area contributed by atoms with E-state index in [1.54, 1.807) is 48.5 Å². The SMILES string of the molecule is CCCCCCCCCCC(O)(O)Oc1ccc(-c2ccc(C(=O)Oc3ccc(C(=O)OC(C)CCCCCC)cc3)cc2)cc1. The number of unbranched alkanes of at least 4 members (excludes halogenated alkanes) is 10. The maximum absolute atomic E-state index is 12.7. The number of esters is 2. The van der Waals surface area contributed by atoms with Crippen LogP contribution in [0.3, 0.4) is 0 Å². The lowest BCUT2D eigenvalue weighted by atomic mass is 10.0. The second-order valence-corrected chi connectivity index (χ2v) is 12.2. The third kappa shape index (κ3) is 13.4. The number of carbonyl (C=O) groups is 2. The van der Waals surface area contributed by atoms with E-state index in [-0.39, 0.29) is 18.5 Å². The van der Waals surface area contributed by atoms with E-state index in [1.807, 2.05) is 31.2 Å². The van der Waals surface area contributed by atoms with Crippen LogP contribution in [0.2, 0.25) is 0 Å². The Bertz CT molecular complexity index is 1300. The highest BCUT2D eigenvalue weighted by Crippen LogP contribution is 2.26. The monoisotopic (exact) mass is 632 g/mol. The number of benzene rings is 3. The lowest BCUT2D eigenvalue weighted by Gasteiger charge is -2.23. The Morgan fingerprint density at radius 2 is 1.07 bits per heavy atom. The average Bonchev–Trinajstić information content (AvgIpc) is 3.05. The molecule has 0 saturated heterocycles. The zero-order chi connectivity index (χ0) is 33.2. The highest BCUT2D eigenvalue weighted by Gasteiger charge is 2.25. The Labute approximate surface area is 274 Å². The van der Waals surface area contributed by atoms with Crippen LogP contribution in [-0.2, 0) is 4.74 Å². The van der Waals surface area contributed by atoms with E-state index in [9.17, 15) is 19.8 Å². The molecule has 0 radical (unpaired) electrons. The first-order chi connectivity index (χ1) is 22.2.